The Kier molecular flexibility index (Phi) is 5.69. The van der Waals surface area contributed by atoms with Gasteiger partial charge in [-0.15, -0.1) is 11.3 Å². The van der Waals surface area contributed by atoms with E-state index in [4.69, 9.17) is 23.2 Å². The fourth-order valence-electron chi connectivity index (χ4n) is 1.13. The molecule has 0 unspecified atom stereocenters. The zero-order valence-electron chi connectivity index (χ0n) is 9.46. The lowest BCUT2D eigenvalue weighted by Crippen LogP contribution is -2.34. The number of halogens is 2. The summed E-state index contributed by atoms with van der Waals surface area (Å²) in [5, 5.41) is 3.11. The van der Waals surface area contributed by atoms with Crippen molar-refractivity contribution in [3.05, 3.63) is 14.7 Å². The van der Waals surface area contributed by atoms with E-state index >= 15 is 0 Å². The Labute approximate surface area is 115 Å². The Balaban J connectivity index is 2.60. The normalized spacial score (nSPS) is 12.3. The van der Waals surface area contributed by atoms with Gasteiger partial charge in [-0.1, -0.05) is 37.0 Å². The molecule has 17 heavy (non-hydrogen) atoms. The quantitative estimate of drug-likeness (QED) is 0.792. The predicted molar refractivity (Wildman–Crippen MR) is 72.7 cm³/mol. The van der Waals surface area contributed by atoms with E-state index in [1.807, 2.05) is 13.8 Å². The molecule has 0 bridgehead atoms. The van der Waals surface area contributed by atoms with Crippen LogP contribution in [-0.4, -0.2) is 27.5 Å². The summed E-state index contributed by atoms with van der Waals surface area (Å²) in [5.74, 6) is 0. The Hall–Kier alpha value is 0.150. The number of rotatable bonds is 6. The Bertz CT molecular complexity index is 471. The molecule has 0 aliphatic carbocycles. The molecule has 0 aliphatic rings. The Morgan fingerprint density at radius 2 is 2.00 bits per heavy atom. The van der Waals surface area contributed by atoms with Gasteiger partial charge in [0.1, 0.15) is 9.23 Å². The summed E-state index contributed by atoms with van der Waals surface area (Å²) in [5.41, 5.74) is 0. The molecule has 0 atom stereocenters. The third-order valence-electron chi connectivity index (χ3n) is 1.88. The minimum atomic E-state index is -3.56. The molecule has 0 spiro atoms. The summed E-state index contributed by atoms with van der Waals surface area (Å²) in [6.45, 7) is 4.85. The molecule has 2 N–H and O–H groups in total. The van der Waals surface area contributed by atoms with Gasteiger partial charge in [-0.05, 0) is 6.07 Å². The SMILES string of the molecule is CC(C)NCCNS(=O)(=O)c1cc(Cl)sc1Cl. The van der Waals surface area contributed by atoms with Gasteiger partial charge in [-0.2, -0.15) is 0 Å². The van der Waals surface area contributed by atoms with Crippen molar-refractivity contribution in [3.8, 4) is 0 Å². The third kappa shape index (κ3) is 4.73. The molecule has 0 amide bonds. The Morgan fingerprint density at radius 3 is 2.47 bits per heavy atom. The largest absolute Gasteiger partial charge is 0.313 e. The fraction of sp³-hybridized carbons (Fsp3) is 0.556. The molecule has 1 rings (SSSR count). The number of hydrogen-bond donors (Lipinski definition) is 2. The summed E-state index contributed by atoms with van der Waals surface area (Å²) in [6.07, 6.45) is 0. The van der Waals surface area contributed by atoms with Gasteiger partial charge in [0.25, 0.3) is 0 Å². The maximum Gasteiger partial charge on any atom is 0.243 e. The van der Waals surface area contributed by atoms with Crippen molar-refractivity contribution in [2.24, 2.45) is 0 Å². The van der Waals surface area contributed by atoms with Gasteiger partial charge in [0.05, 0.1) is 4.34 Å². The highest BCUT2D eigenvalue weighted by atomic mass is 35.5. The first-order valence-electron chi connectivity index (χ1n) is 5.01. The molecular formula is C9H14Cl2N2O2S2. The van der Waals surface area contributed by atoms with E-state index < -0.39 is 10.0 Å². The zero-order chi connectivity index (χ0) is 13.1. The second-order valence-electron chi connectivity index (χ2n) is 3.70. The number of hydrogen-bond acceptors (Lipinski definition) is 4. The zero-order valence-corrected chi connectivity index (χ0v) is 12.6. The van der Waals surface area contributed by atoms with Crippen LogP contribution in [0.3, 0.4) is 0 Å². The highest BCUT2D eigenvalue weighted by molar-refractivity contribution is 7.89. The van der Waals surface area contributed by atoms with Crippen molar-refractivity contribution in [3.63, 3.8) is 0 Å². The molecule has 1 aromatic heterocycles. The fourth-order valence-corrected chi connectivity index (χ4v) is 4.31. The summed E-state index contributed by atoms with van der Waals surface area (Å²) in [6, 6.07) is 1.67. The number of thiophene rings is 1. The first-order valence-corrected chi connectivity index (χ1v) is 8.06. The monoisotopic (exact) mass is 316 g/mol. The minimum Gasteiger partial charge on any atom is -0.313 e. The summed E-state index contributed by atoms with van der Waals surface area (Å²) in [7, 11) is -3.56. The highest BCUT2D eigenvalue weighted by Crippen LogP contribution is 2.33. The van der Waals surface area contributed by atoms with Crippen LogP contribution in [-0.2, 0) is 10.0 Å². The molecular weight excluding hydrogens is 303 g/mol. The van der Waals surface area contributed by atoms with Crippen LogP contribution in [0.15, 0.2) is 11.0 Å². The molecule has 1 aromatic rings. The van der Waals surface area contributed by atoms with E-state index in [2.05, 4.69) is 10.0 Å². The molecule has 0 saturated heterocycles. The molecule has 4 nitrogen and oxygen atoms in total. The molecule has 0 saturated carbocycles. The van der Waals surface area contributed by atoms with Gasteiger partial charge in [0.2, 0.25) is 10.0 Å². The number of sulfonamides is 1. The van der Waals surface area contributed by atoms with E-state index in [-0.39, 0.29) is 9.23 Å². The molecule has 98 valence electrons. The van der Waals surface area contributed by atoms with Crippen molar-refractivity contribution in [2.45, 2.75) is 24.8 Å². The van der Waals surface area contributed by atoms with Gasteiger partial charge in [0, 0.05) is 19.1 Å². The van der Waals surface area contributed by atoms with Gasteiger partial charge >= 0.3 is 0 Å². The van der Waals surface area contributed by atoms with Crippen molar-refractivity contribution in [2.75, 3.05) is 13.1 Å². The van der Waals surface area contributed by atoms with Crippen LogP contribution in [0.4, 0.5) is 0 Å². The summed E-state index contributed by atoms with van der Waals surface area (Å²) < 4.78 is 26.7. The van der Waals surface area contributed by atoms with Gasteiger partial charge in [-0.25, -0.2) is 13.1 Å². The average Bonchev–Trinajstić information content (AvgIpc) is 2.53. The lowest BCUT2D eigenvalue weighted by atomic mass is 10.4. The van der Waals surface area contributed by atoms with Crippen molar-refractivity contribution >= 4 is 44.6 Å². The van der Waals surface area contributed by atoms with Crippen molar-refractivity contribution in [1.82, 2.24) is 10.0 Å². The smallest absolute Gasteiger partial charge is 0.243 e. The van der Waals surface area contributed by atoms with Crippen LogP contribution in [0.2, 0.25) is 8.67 Å². The summed E-state index contributed by atoms with van der Waals surface area (Å²) >= 11 is 12.5. The lowest BCUT2D eigenvalue weighted by molar-refractivity contribution is 0.560. The van der Waals surface area contributed by atoms with Crippen LogP contribution in [0.25, 0.3) is 0 Å². The number of nitrogens with one attached hydrogen (secondary N) is 2. The maximum absolute atomic E-state index is 11.8. The van der Waals surface area contributed by atoms with Crippen LogP contribution in [0.1, 0.15) is 13.8 Å². The van der Waals surface area contributed by atoms with Gasteiger partial charge < -0.3 is 5.32 Å². The van der Waals surface area contributed by atoms with E-state index in [0.717, 1.165) is 11.3 Å². The van der Waals surface area contributed by atoms with E-state index in [9.17, 15) is 8.42 Å². The minimum absolute atomic E-state index is 0.0405. The predicted octanol–water partition coefficient (Wildman–Crippen LogP) is 2.33. The molecule has 8 heteroatoms. The topological polar surface area (TPSA) is 58.2 Å². The molecule has 0 radical (unpaired) electrons. The first kappa shape index (κ1) is 15.2. The van der Waals surface area contributed by atoms with Crippen molar-refractivity contribution in [1.29, 1.82) is 0 Å². The van der Waals surface area contributed by atoms with E-state index in [1.165, 1.54) is 6.07 Å². The van der Waals surface area contributed by atoms with Crippen LogP contribution in [0.5, 0.6) is 0 Å². The Morgan fingerprint density at radius 1 is 1.35 bits per heavy atom. The second-order valence-corrected chi connectivity index (χ2v) is 7.72. The van der Waals surface area contributed by atoms with Gasteiger partial charge in [0.15, 0.2) is 0 Å². The third-order valence-corrected chi connectivity index (χ3v) is 5.10. The van der Waals surface area contributed by atoms with Crippen LogP contribution in [0, 0.1) is 0 Å². The summed E-state index contributed by atoms with van der Waals surface area (Å²) in [4.78, 5) is 0.0405. The highest BCUT2D eigenvalue weighted by Gasteiger charge is 2.20. The maximum atomic E-state index is 11.8. The van der Waals surface area contributed by atoms with Crippen LogP contribution < -0.4 is 10.0 Å². The average molecular weight is 317 g/mol. The van der Waals surface area contributed by atoms with E-state index in [1.54, 1.807) is 0 Å². The molecule has 0 fully saturated rings. The molecule has 1 heterocycles. The first-order chi connectivity index (χ1) is 7.83. The molecule has 0 aromatic carbocycles. The lowest BCUT2D eigenvalue weighted by Gasteiger charge is -2.09. The standard InChI is InChI=1S/C9H14Cl2N2O2S2/c1-6(2)12-3-4-13-17(14,15)7-5-8(10)16-9(7)11/h5-6,12-13H,3-4H2,1-2H3. The molecule has 0 aliphatic heterocycles. The van der Waals surface area contributed by atoms with E-state index in [0.29, 0.717) is 23.5 Å². The van der Waals surface area contributed by atoms with Gasteiger partial charge in [-0.3, -0.25) is 0 Å². The second kappa shape index (κ2) is 6.36. The van der Waals surface area contributed by atoms with Crippen molar-refractivity contribution < 1.29 is 8.42 Å². The van der Waals surface area contributed by atoms with Crippen LogP contribution >= 0.6 is 34.5 Å².